The van der Waals surface area contributed by atoms with E-state index in [0.29, 0.717) is 27.6 Å². The lowest BCUT2D eigenvalue weighted by Gasteiger charge is -2.13. The molecular weight excluding hydrogens is 445 g/mol. The molecule has 0 atom stereocenters. The Hall–Kier alpha value is -3.67. The summed E-state index contributed by atoms with van der Waals surface area (Å²) in [6, 6.07) is 11.9. The van der Waals surface area contributed by atoms with Crippen LogP contribution < -0.4 is 10.1 Å². The number of carbonyl (C=O) groups excluding carboxylic acids is 1. The van der Waals surface area contributed by atoms with Gasteiger partial charge in [-0.15, -0.1) is 5.10 Å². The molecule has 0 aliphatic rings. The van der Waals surface area contributed by atoms with Gasteiger partial charge in [0.05, 0.1) is 29.8 Å². The summed E-state index contributed by atoms with van der Waals surface area (Å²) in [6.45, 7) is 0. The first-order valence-electron chi connectivity index (χ1n) is 9.16. The number of anilines is 1. The summed E-state index contributed by atoms with van der Waals surface area (Å²) in [7, 11) is 1.56. The van der Waals surface area contributed by atoms with Crippen LogP contribution in [0.4, 0.5) is 18.9 Å². The minimum Gasteiger partial charge on any atom is -0.497 e. The molecule has 0 aliphatic heterocycles. The number of benzene rings is 2. The standard InChI is InChI=1S/C20H15F3N6O2S/c1-31-13-8-6-12(7-9-13)29-18-17(27-28-29)19(25-11-24-18)32-10-16(30)26-15-5-3-2-4-14(15)20(21,22)23/h2-9,11H,10H2,1H3,(H,26,30). The van der Waals surface area contributed by atoms with Gasteiger partial charge >= 0.3 is 6.18 Å². The van der Waals surface area contributed by atoms with Crippen LogP contribution in [0, 0.1) is 0 Å². The molecule has 1 N–H and O–H groups in total. The fourth-order valence-electron chi connectivity index (χ4n) is 2.89. The molecule has 8 nitrogen and oxygen atoms in total. The van der Waals surface area contributed by atoms with Crippen molar-refractivity contribution in [2.75, 3.05) is 18.2 Å². The predicted octanol–water partition coefficient (Wildman–Crippen LogP) is 3.97. The summed E-state index contributed by atoms with van der Waals surface area (Å²) >= 11 is 1.02. The third-order valence-electron chi connectivity index (χ3n) is 4.37. The molecule has 2 heterocycles. The number of halogens is 3. The lowest BCUT2D eigenvalue weighted by Crippen LogP contribution is -2.18. The Morgan fingerprint density at radius 1 is 1.12 bits per heavy atom. The van der Waals surface area contributed by atoms with Gasteiger partial charge in [0.15, 0.2) is 11.2 Å². The fourth-order valence-corrected chi connectivity index (χ4v) is 3.62. The second-order valence-corrected chi connectivity index (χ2v) is 7.39. The topological polar surface area (TPSA) is 94.8 Å². The first-order chi connectivity index (χ1) is 15.4. The molecule has 0 spiro atoms. The van der Waals surface area contributed by atoms with Crippen LogP contribution in [0.3, 0.4) is 0 Å². The van der Waals surface area contributed by atoms with E-state index in [1.54, 1.807) is 31.4 Å². The summed E-state index contributed by atoms with van der Waals surface area (Å²) in [5, 5.41) is 10.9. The number of amides is 1. The lowest BCUT2D eigenvalue weighted by atomic mass is 10.1. The molecule has 0 saturated heterocycles. The third kappa shape index (κ3) is 4.49. The van der Waals surface area contributed by atoms with Gasteiger partial charge in [0.1, 0.15) is 17.1 Å². The van der Waals surface area contributed by atoms with E-state index < -0.39 is 17.6 Å². The largest absolute Gasteiger partial charge is 0.497 e. The fraction of sp³-hybridized carbons (Fsp3) is 0.150. The normalized spacial score (nSPS) is 11.5. The van der Waals surface area contributed by atoms with Crippen molar-refractivity contribution in [3.05, 3.63) is 60.4 Å². The number of aromatic nitrogens is 5. The molecule has 0 aliphatic carbocycles. The van der Waals surface area contributed by atoms with Crippen LogP contribution in [0.5, 0.6) is 5.75 Å². The van der Waals surface area contributed by atoms with Crippen LogP contribution in [0.1, 0.15) is 5.56 Å². The van der Waals surface area contributed by atoms with E-state index in [-0.39, 0.29) is 11.4 Å². The molecule has 0 fully saturated rings. The number of nitrogens with zero attached hydrogens (tertiary/aromatic N) is 5. The van der Waals surface area contributed by atoms with Gasteiger partial charge in [-0.05, 0) is 36.4 Å². The van der Waals surface area contributed by atoms with Crippen LogP contribution in [-0.4, -0.2) is 43.7 Å². The molecule has 4 aromatic rings. The van der Waals surface area contributed by atoms with Crippen molar-refractivity contribution in [3.8, 4) is 11.4 Å². The molecule has 2 aromatic heterocycles. The van der Waals surface area contributed by atoms with Gasteiger partial charge in [0.25, 0.3) is 0 Å². The molecule has 2 aromatic carbocycles. The molecule has 0 saturated carbocycles. The van der Waals surface area contributed by atoms with Crippen molar-refractivity contribution in [2.24, 2.45) is 0 Å². The van der Waals surface area contributed by atoms with Gasteiger partial charge in [-0.25, -0.2) is 9.97 Å². The molecule has 0 unspecified atom stereocenters. The second kappa shape index (κ2) is 8.83. The maximum Gasteiger partial charge on any atom is 0.418 e. The summed E-state index contributed by atoms with van der Waals surface area (Å²) in [5.74, 6) is -0.101. The Bertz CT molecular complexity index is 1260. The van der Waals surface area contributed by atoms with Crippen LogP contribution >= 0.6 is 11.8 Å². The van der Waals surface area contributed by atoms with Crippen LogP contribution in [0.25, 0.3) is 16.9 Å². The summed E-state index contributed by atoms with van der Waals surface area (Å²) in [6.07, 6.45) is -3.26. The molecule has 164 valence electrons. The zero-order valence-corrected chi connectivity index (χ0v) is 17.3. The van der Waals surface area contributed by atoms with Crippen molar-refractivity contribution in [1.82, 2.24) is 25.0 Å². The number of ether oxygens (including phenoxy) is 1. The zero-order chi connectivity index (χ0) is 22.7. The number of fused-ring (bicyclic) bond motifs is 1. The number of hydrogen-bond acceptors (Lipinski definition) is 7. The highest BCUT2D eigenvalue weighted by Crippen LogP contribution is 2.34. The van der Waals surface area contributed by atoms with E-state index in [1.807, 2.05) is 0 Å². The van der Waals surface area contributed by atoms with E-state index in [4.69, 9.17) is 4.74 Å². The van der Waals surface area contributed by atoms with Gasteiger partial charge in [-0.2, -0.15) is 17.9 Å². The number of thioether (sulfide) groups is 1. The highest BCUT2D eigenvalue weighted by Gasteiger charge is 2.33. The van der Waals surface area contributed by atoms with Gasteiger partial charge in [-0.1, -0.05) is 29.1 Å². The van der Waals surface area contributed by atoms with Crippen molar-refractivity contribution in [1.29, 1.82) is 0 Å². The Labute approximate surface area is 183 Å². The summed E-state index contributed by atoms with van der Waals surface area (Å²) in [4.78, 5) is 20.6. The van der Waals surface area contributed by atoms with Crippen molar-refractivity contribution in [2.45, 2.75) is 11.2 Å². The molecule has 32 heavy (non-hydrogen) atoms. The molecule has 0 bridgehead atoms. The van der Waals surface area contributed by atoms with E-state index in [1.165, 1.54) is 29.2 Å². The SMILES string of the molecule is COc1ccc(-n2nnc3c(SCC(=O)Nc4ccccc4C(F)(F)F)ncnc32)cc1. The molecule has 12 heteroatoms. The number of alkyl halides is 3. The number of para-hydroxylation sites is 1. The van der Waals surface area contributed by atoms with Crippen LogP contribution in [-0.2, 0) is 11.0 Å². The van der Waals surface area contributed by atoms with E-state index in [9.17, 15) is 18.0 Å². The summed E-state index contributed by atoms with van der Waals surface area (Å²) < 4.78 is 46.0. The average molecular weight is 460 g/mol. The van der Waals surface area contributed by atoms with Gasteiger partial charge < -0.3 is 10.1 Å². The maximum atomic E-state index is 13.1. The monoisotopic (exact) mass is 460 g/mol. The van der Waals surface area contributed by atoms with Crippen LogP contribution in [0.15, 0.2) is 59.9 Å². The predicted molar refractivity (Wildman–Crippen MR) is 112 cm³/mol. The van der Waals surface area contributed by atoms with E-state index in [0.717, 1.165) is 17.8 Å². The zero-order valence-electron chi connectivity index (χ0n) is 16.5. The minimum atomic E-state index is -4.57. The Kier molecular flexibility index (Phi) is 5.95. The Morgan fingerprint density at radius 2 is 1.88 bits per heavy atom. The molecule has 1 amide bonds. The van der Waals surface area contributed by atoms with Crippen LogP contribution in [0.2, 0.25) is 0 Å². The highest BCUT2D eigenvalue weighted by atomic mass is 32.2. The average Bonchev–Trinajstić information content (AvgIpc) is 3.22. The third-order valence-corrected chi connectivity index (χ3v) is 5.35. The lowest BCUT2D eigenvalue weighted by molar-refractivity contribution is -0.137. The van der Waals surface area contributed by atoms with E-state index >= 15 is 0 Å². The van der Waals surface area contributed by atoms with Crippen molar-refractivity contribution >= 4 is 34.5 Å². The minimum absolute atomic E-state index is 0.173. The smallest absolute Gasteiger partial charge is 0.418 e. The van der Waals surface area contributed by atoms with Gasteiger partial charge in [0, 0.05) is 0 Å². The first kappa shape index (κ1) is 21.6. The number of carbonyl (C=O) groups is 1. The Morgan fingerprint density at radius 3 is 2.59 bits per heavy atom. The number of hydrogen-bond donors (Lipinski definition) is 1. The first-order valence-corrected chi connectivity index (χ1v) is 10.1. The number of methoxy groups -OCH3 is 1. The number of rotatable bonds is 6. The molecular formula is C20H15F3N6O2S. The van der Waals surface area contributed by atoms with Crippen molar-refractivity contribution in [3.63, 3.8) is 0 Å². The Balaban J connectivity index is 1.51. The second-order valence-electron chi connectivity index (χ2n) is 6.43. The van der Waals surface area contributed by atoms with E-state index in [2.05, 4.69) is 25.6 Å². The van der Waals surface area contributed by atoms with Crippen molar-refractivity contribution < 1.29 is 22.7 Å². The molecule has 0 radical (unpaired) electrons. The highest BCUT2D eigenvalue weighted by molar-refractivity contribution is 8.00. The summed E-state index contributed by atoms with van der Waals surface area (Å²) in [5.41, 5.74) is 0.283. The van der Waals surface area contributed by atoms with Gasteiger partial charge in [0.2, 0.25) is 5.91 Å². The quantitative estimate of drug-likeness (QED) is 0.344. The number of nitrogens with one attached hydrogen (secondary N) is 1. The molecule has 4 rings (SSSR count). The maximum absolute atomic E-state index is 13.1. The van der Waals surface area contributed by atoms with Gasteiger partial charge in [-0.3, -0.25) is 4.79 Å².